The van der Waals surface area contributed by atoms with Crippen molar-refractivity contribution in [2.24, 2.45) is 0 Å². The summed E-state index contributed by atoms with van der Waals surface area (Å²) in [5, 5.41) is 11.4. The van der Waals surface area contributed by atoms with Gasteiger partial charge < -0.3 is 10.0 Å². The van der Waals surface area contributed by atoms with Crippen molar-refractivity contribution in [3.63, 3.8) is 0 Å². The molecule has 1 N–H and O–H groups in total. The Morgan fingerprint density at radius 3 is 1.65 bits per heavy atom. The van der Waals surface area contributed by atoms with E-state index >= 15 is 0 Å². The molecule has 23 heavy (non-hydrogen) atoms. The lowest BCUT2D eigenvalue weighted by atomic mass is 9.82. The SMILES string of the molecule is CCN(CC)CCCC(O)(c1ccccc1)c1ccccc1.Cl. The van der Waals surface area contributed by atoms with Crippen LogP contribution in [-0.2, 0) is 5.60 Å². The van der Waals surface area contributed by atoms with Crippen LogP contribution in [0.25, 0.3) is 0 Å². The molecule has 0 radical (unpaired) electrons. The first-order chi connectivity index (χ1) is 10.7. The maximum Gasteiger partial charge on any atom is 0.115 e. The van der Waals surface area contributed by atoms with Gasteiger partial charge in [-0.05, 0) is 43.6 Å². The average Bonchev–Trinajstić information content (AvgIpc) is 2.60. The van der Waals surface area contributed by atoms with Gasteiger partial charge in [0.1, 0.15) is 5.60 Å². The van der Waals surface area contributed by atoms with Gasteiger partial charge in [-0.15, -0.1) is 12.4 Å². The quantitative estimate of drug-likeness (QED) is 0.770. The predicted molar refractivity (Wildman–Crippen MR) is 100 cm³/mol. The van der Waals surface area contributed by atoms with Gasteiger partial charge in [-0.1, -0.05) is 74.5 Å². The Balaban J connectivity index is 0.00000264. The predicted octanol–water partition coefficient (Wildman–Crippen LogP) is 4.47. The van der Waals surface area contributed by atoms with Gasteiger partial charge in [0.15, 0.2) is 0 Å². The highest BCUT2D eigenvalue weighted by molar-refractivity contribution is 5.85. The summed E-state index contributed by atoms with van der Waals surface area (Å²) in [5.41, 5.74) is 1.04. The molecule has 0 spiro atoms. The molecular weight excluding hydrogens is 306 g/mol. The molecule has 2 aromatic carbocycles. The van der Waals surface area contributed by atoms with E-state index in [-0.39, 0.29) is 12.4 Å². The zero-order chi connectivity index (χ0) is 15.8. The van der Waals surface area contributed by atoms with Gasteiger partial charge in [0.25, 0.3) is 0 Å². The van der Waals surface area contributed by atoms with Crippen LogP contribution < -0.4 is 0 Å². The highest BCUT2D eigenvalue weighted by atomic mass is 35.5. The van der Waals surface area contributed by atoms with Crippen molar-refractivity contribution in [2.75, 3.05) is 19.6 Å². The molecule has 0 atom stereocenters. The highest BCUT2D eigenvalue weighted by Crippen LogP contribution is 2.33. The van der Waals surface area contributed by atoms with Gasteiger partial charge in [-0.3, -0.25) is 0 Å². The van der Waals surface area contributed by atoms with Crippen LogP contribution in [0.3, 0.4) is 0 Å². The summed E-state index contributed by atoms with van der Waals surface area (Å²) >= 11 is 0. The number of aliphatic hydroxyl groups is 1. The van der Waals surface area contributed by atoms with Crippen molar-refractivity contribution in [1.82, 2.24) is 4.90 Å². The molecule has 0 aromatic heterocycles. The second-order valence-electron chi connectivity index (χ2n) is 5.72. The third-order valence-corrected chi connectivity index (χ3v) is 4.41. The summed E-state index contributed by atoms with van der Waals surface area (Å²) in [5.74, 6) is 0. The molecule has 126 valence electrons. The second kappa shape index (κ2) is 9.71. The monoisotopic (exact) mass is 333 g/mol. The van der Waals surface area contributed by atoms with Gasteiger partial charge >= 0.3 is 0 Å². The van der Waals surface area contributed by atoms with Crippen LogP contribution in [0.4, 0.5) is 0 Å². The first kappa shape index (κ1) is 19.7. The zero-order valence-electron chi connectivity index (χ0n) is 14.1. The van der Waals surface area contributed by atoms with E-state index in [4.69, 9.17) is 0 Å². The van der Waals surface area contributed by atoms with Gasteiger partial charge in [-0.25, -0.2) is 0 Å². The lowest BCUT2D eigenvalue weighted by molar-refractivity contribution is 0.0651. The van der Waals surface area contributed by atoms with Gasteiger partial charge in [0.05, 0.1) is 0 Å². The lowest BCUT2D eigenvalue weighted by Crippen LogP contribution is -2.30. The Bertz CT molecular complexity index is 501. The Morgan fingerprint density at radius 2 is 1.26 bits per heavy atom. The van der Waals surface area contributed by atoms with Crippen molar-refractivity contribution in [3.8, 4) is 0 Å². The van der Waals surface area contributed by atoms with Crippen molar-refractivity contribution >= 4 is 12.4 Å². The summed E-state index contributed by atoms with van der Waals surface area (Å²) in [6, 6.07) is 20.0. The largest absolute Gasteiger partial charge is 0.380 e. The van der Waals surface area contributed by atoms with E-state index in [2.05, 4.69) is 18.7 Å². The minimum absolute atomic E-state index is 0. The molecule has 2 aromatic rings. The van der Waals surface area contributed by atoms with E-state index < -0.39 is 5.60 Å². The molecule has 0 saturated heterocycles. The molecule has 0 saturated carbocycles. The molecule has 3 heteroatoms. The Morgan fingerprint density at radius 1 is 0.826 bits per heavy atom. The van der Waals surface area contributed by atoms with Gasteiger partial charge in [-0.2, -0.15) is 0 Å². The fraction of sp³-hybridized carbons (Fsp3) is 0.400. The average molecular weight is 334 g/mol. The molecule has 0 fully saturated rings. The zero-order valence-corrected chi connectivity index (χ0v) is 14.9. The van der Waals surface area contributed by atoms with Crippen LogP contribution in [0.5, 0.6) is 0 Å². The maximum absolute atomic E-state index is 11.4. The third-order valence-electron chi connectivity index (χ3n) is 4.41. The number of nitrogens with zero attached hydrogens (tertiary/aromatic N) is 1. The summed E-state index contributed by atoms with van der Waals surface area (Å²) in [7, 11) is 0. The van der Waals surface area contributed by atoms with E-state index in [0.29, 0.717) is 0 Å². The summed E-state index contributed by atoms with van der Waals surface area (Å²) in [4.78, 5) is 2.40. The van der Waals surface area contributed by atoms with Crippen molar-refractivity contribution in [3.05, 3.63) is 71.8 Å². The van der Waals surface area contributed by atoms with Crippen molar-refractivity contribution in [1.29, 1.82) is 0 Å². The smallest absolute Gasteiger partial charge is 0.115 e. The molecule has 2 nitrogen and oxygen atoms in total. The van der Waals surface area contributed by atoms with E-state index in [9.17, 15) is 5.11 Å². The summed E-state index contributed by atoms with van der Waals surface area (Å²) in [6.07, 6.45) is 1.71. The van der Waals surface area contributed by atoms with Gasteiger partial charge in [0.2, 0.25) is 0 Å². The summed E-state index contributed by atoms with van der Waals surface area (Å²) < 4.78 is 0. The highest BCUT2D eigenvalue weighted by Gasteiger charge is 2.30. The number of rotatable bonds is 8. The molecule has 0 unspecified atom stereocenters. The van der Waals surface area contributed by atoms with E-state index in [0.717, 1.165) is 43.6 Å². The fourth-order valence-corrected chi connectivity index (χ4v) is 2.98. The molecule has 2 rings (SSSR count). The van der Waals surface area contributed by atoms with Crippen molar-refractivity contribution < 1.29 is 5.11 Å². The number of hydrogen-bond donors (Lipinski definition) is 1. The first-order valence-corrected chi connectivity index (χ1v) is 8.26. The molecule has 0 heterocycles. The standard InChI is InChI=1S/C20H27NO.ClH/c1-3-21(4-2)17-11-16-20(22,18-12-7-5-8-13-18)19-14-9-6-10-15-19;/h5-10,12-15,22H,3-4,11,16-17H2,1-2H3;1H. The minimum Gasteiger partial charge on any atom is -0.380 e. The van der Waals surface area contributed by atoms with Crippen LogP contribution in [0.2, 0.25) is 0 Å². The van der Waals surface area contributed by atoms with Crippen LogP contribution in [-0.4, -0.2) is 29.6 Å². The normalized spacial score (nSPS) is 11.3. The van der Waals surface area contributed by atoms with Crippen LogP contribution in [0, 0.1) is 0 Å². The van der Waals surface area contributed by atoms with E-state index in [1.54, 1.807) is 0 Å². The van der Waals surface area contributed by atoms with Crippen molar-refractivity contribution in [2.45, 2.75) is 32.3 Å². The molecule has 0 amide bonds. The number of halogens is 1. The maximum atomic E-state index is 11.4. The molecule has 0 aliphatic heterocycles. The van der Waals surface area contributed by atoms with E-state index in [1.165, 1.54) is 0 Å². The van der Waals surface area contributed by atoms with E-state index in [1.807, 2.05) is 60.7 Å². The molecular formula is C20H28ClNO. The molecule has 0 aliphatic rings. The Hall–Kier alpha value is -1.35. The molecule has 0 bridgehead atoms. The fourth-order valence-electron chi connectivity index (χ4n) is 2.98. The minimum atomic E-state index is -0.907. The topological polar surface area (TPSA) is 23.5 Å². The number of hydrogen-bond acceptors (Lipinski definition) is 2. The van der Waals surface area contributed by atoms with Crippen LogP contribution >= 0.6 is 12.4 Å². The number of benzene rings is 2. The van der Waals surface area contributed by atoms with Gasteiger partial charge in [0, 0.05) is 0 Å². The molecule has 0 aliphatic carbocycles. The van der Waals surface area contributed by atoms with Crippen LogP contribution in [0.15, 0.2) is 60.7 Å². The third kappa shape index (κ3) is 5.07. The first-order valence-electron chi connectivity index (χ1n) is 8.26. The second-order valence-corrected chi connectivity index (χ2v) is 5.72. The summed E-state index contributed by atoms with van der Waals surface area (Å²) in [6.45, 7) is 7.51. The Labute approximate surface area is 146 Å². The Kier molecular flexibility index (Phi) is 8.32. The lowest BCUT2D eigenvalue weighted by Gasteiger charge is -2.30. The van der Waals surface area contributed by atoms with Crippen LogP contribution in [0.1, 0.15) is 37.8 Å².